The van der Waals surface area contributed by atoms with Crippen molar-refractivity contribution in [3.8, 4) is 0 Å². The van der Waals surface area contributed by atoms with Gasteiger partial charge in [0.15, 0.2) is 0 Å². The van der Waals surface area contributed by atoms with Gasteiger partial charge in [-0.3, -0.25) is 0 Å². The molecule has 0 aliphatic carbocycles. The predicted octanol–water partition coefficient (Wildman–Crippen LogP) is 2.37. The molecule has 0 heterocycles. The fraction of sp³-hybridized carbons (Fsp3) is 0. The zero-order valence-electron chi connectivity index (χ0n) is 4.29. The zero-order chi connectivity index (χ0) is 6.85. The lowest BCUT2D eigenvalue weighted by Gasteiger charge is -1.89. The van der Waals surface area contributed by atoms with E-state index >= 15 is 0 Å². The maximum Gasteiger partial charge on any atom is 0.135 e. The highest BCUT2D eigenvalue weighted by molar-refractivity contribution is 14.1. The van der Waals surface area contributed by atoms with Crippen LogP contribution in [0.2, 0.25) is 0 Å². The second-order valence-corrected chi connectivity index (χ2v) is 2.66. The van der Waals surface area contributed by atoms with Gasteiger partial charge in [-0.25, -0.2) is 8.78 Å². The highest BCUT2D eigenvalue weighted by atomic mass is 127. The average molecular weight is 239 g/mol. The molecule has 3 heteroatoms. The van der Waals surface area contributed by atoms with Crippen molar-refractivity contribution in [2.45, 2.75) is 0 Å². The van der Waals surface area contributed by atoms with Crippen molar-refractivity contribution in [3.63, 3.8) is 0 Å². The molecule has 0 nitrogen and oxygen atoms in total. The summed E-state index contributed by atoms with van der Waals surface area (Å²) < 4.78 is 24.7. The van der Waals surface area contributed by atoms with Crippen LogP contribution in [-0.4, -0.2) is 0 Å². The van der Waals surface area contributed by atoms with Gasteiger partial charge >= 0.3 is 0 Å². The van der Waals surface area contributed by atoms with Gasteiger partial charge in [-0.1, -0.05) is 0 Å². The smallest absolute Gasteiger partial charge is 0.135 e. The Kier molecular flexibility index (Phi) is 2.00. The number of rotatable bonds is 0. The van der Waals surface area contributed by atoms with Gasteiger partial charge in [0.2, 0.25) is 0 Å². The van der Waals surface area contributed by atoms with Crippen LogP contribution in [0.3, 0.4) is 0 Å². The molecule has 0 fully saturated rings. The lowest BCUT2D eigenvalue weighted by atomic mass is 10.3. The van der Waals surface area contributed by atoms with Crippen LogP contribution in [0.5, 0.6) is 0 Å². The minimum atomic E-state index is -0.653. The molecule has 0 spiro atoms. The molecule has 1 aromatic carbocycles. The molecular formula is C6H2F2I. The first-order valence-corrected chi connectivity index (χ1v) is 3.30. The Hall–Kier alpha value is -0.190. The van der Waals surface area contributed by atoms with Crippen molar-refractivity contribution < 1.29 is 8.78 Å². The van der Waals surface area contributed by atoms with Gasteiger partial charge in [-0.05, 0) is 28.7 Å². The number of benzene rings is 1. The molecule has 0 N–H and O–H groups in total. The molecule has 0 saturated heterocycles. The Balaban J connectivity index is 3.17. The fourth-order valence-corrected chi connectivity index (χ4v) is 1.03. The molecule has 1 aromatic rings. The Morgan fingerprint density at radius 1 is 1.33 bits per heavy atom. The van der Waals surface area contributed by atoms with Crippen molar-refractivity contribution in [1.82, 2.24) is 0 Å². The van der Waals surface area contributed by atoms with Crippen LogP contribution in [0.4, 0.5) is 8.78 Å². The van der Waals surface area contributed by atoms with Gasteiger partial charge in [0.05, 0.1) is 0 Å². The summed E-state index contributed by atoms with van der Waals surface area (Å²) in [5, 5.41) is 0. The largest absolute Gasteiger partial charge is 0.207 e. The monoisotopic (exact) mass is 239 g/mol. The van der Waals surface area contributed by atoms with Crippen molar-refractivity contribution in [2.24, 2.45) is 0 Å². The summed E-state index contributed by atoms with van der Waals surface area (Å²) in [6.45, 7) is 0. The van der Waals surface area contributed by atoms with Crippen LogP contribution in [0.1, 0.15) is 0 Å². The quantitative estimate of drug-likeness (QED) is 0.609. The zero-order valence-corrected chi connectivity index (χ0v) is 6.45. The lowest BCUT2D eigenvalue weighted by molar-refractivity contribution is 0.580. The third kappa shape index (κ3) is 1.89. The van der Waals surface area contributed by atoms with Gasteiger partial charge in [-0.2, -0.15) is 0 Å². The highest BCUT2D eigenvalue weighted by Gasteiger charge is 1.95. The average Bonchev–Trinajstić information content (AvgIpc) is 1.59. The fourth-order valence-electron chi connectivity index (χ4n) is 0.470. The molecule has 9 heavy (non-hydrogen) atoms. The molecule has 0 saturated carbocycles. The maximum absolute atomic E-state index is 12.2. The van der Waals surface area contributed by atoms with Crippen LogP contribution in [0, 0.1) is 21.3 Å². The molecule has 0 atom stereocenters. The minimum Gasteiger partial charge on any atom is -0.207 e. The summed E-state index contributed by atoms with van der Waals surface area (Å²) in [5.41, 5.74) is 0. The van der Waals surface area contributed by atoms with E-state index in [9.17, 15) is 8.78 Å². The summed E-state index contributed by atoms with van der Waals surface area (Å²) in [4.78, 5) is 0. The molecule has 1 radical (unpaired) electrons. The standard InChI is InChI=1S/C6H2F2I/c7-4-1-5(8)3-6(9)2-4/h1-2H. The van der Waals surface area contributed by atoms with Crippen LogP contribution >= 0.6 is 22.6 Å². The van der Waals surface area contributed by atoms with Gasteiger partial charge in [0.25, 0.3) is 0 Å². The van der Waals surface area contributed by atoms with Gasteiger partial charge < -0.3 is 0 Å². The maximum atomic E-state index is 12.2. The van der Waals surface area contributed by atoms with E-state index < -0.39 is 11.6 Å². The first kappa shape index (κ1) is 6.92. The Morgan fingerprint density at radius 2 is 2.00 bits per heavy atom. The first-order chi connectivity index (χ1) is 4.18. The third-order valence-corrected chi connectivity index (χ3v) is 1.35. The van der Waals surface area contributed by atoms with Crippen LogP contribution in [-0.2, 0) is 0 Å². The van der Waals surface area contributed by atoms with E-state index in [0.29, 0.717) is 3.57 Å². The van der Waals surface area contributed by atoms with Crippen molar-refractivity contribution in [3.05, 3.63) is 33.4 Å². The van der Waals surface area contributed by atoms with Gasteiger partial charge in [-0.15, -0.1) is 0 Å². The Bertz CT molecular complexity index is 172. The number of hydrogen-bond donors (Lipinski definition) is 0. The summed E-state index contributed by atoms with van der Waals surface area (Å²) >= 11 is 1.80. The lowest BCUT2D eigenvalue weighted by Crippen LogP contribution is -1.80. The number of hydrogen-bond acceptors (Lipinski definition) is 0. The van der Waals surface area contributed by atoms with Crippen LogP contribution in [0.15, 0.2) is 12.1 Å². The first-order valence-electron chi connectivity index (χ1n) is 2.22. The molecule has 0 amide bonds. The molecule has 0 aliphatic rings. The second kappa shape index (κ2) is 2.60. The topological polar surface area (TPSA) is 0 Å². The van der Waals surface area contributed by atoms with Crippen LogP contribution < -0.4 is 0 Å². The van der Waals surface area contributed by atoms with E-state index in [1.807, 2.05) is 0 Å². The molecule has 0 aliphatic heterocycles. The number of halogens is 3. The van der Waals surface area contributed by atoms with E-state index in [4.69, 9.17) is 0 Å². The normalized spacial score (nSPS) is 9.67. The molecule has 1 rings (SSSR count). The third-order valence-electron chi connectivity index (χ3n) is 0.768. The SMILES string of the molecule is Fc1[c]c(I)cc(F)c1. The van der Waals surface area contributed by atoms with E-state index in [2.05, 4.69) is 6.07 Å². The summed E-state index contributed by atoms with van der Waals surface area (Å²) in [7, 11) is 0. The summed E-state index contributed by atoms with van der Waals surface area (Å²) in [6.07, 6.45) is 0. The Morgan fingerprint density at radius 3 is 2.44 bits per heavy atom. The van der Waals surface area contributed by atoms with Crippen molar-refractivity contribution in [2.75, 3.05) is 0 Å². The van der Waals surface area contributed by atoms with E-state index in [0.717, 1.165) is 6.07 Å². The van der Waals surface area contributed by atoms with Crippen LogP contribution in [0.25, 0.3) is 0 Å². The van der Waals surface area contributed by atoms with E-state index in [1.165, 1.54) is 6.07 Å². The molecule has 0 unspecified atom stereocenters. The molecule has 0 aromatic heterocycles. The molecule has 47 valence electrons. The van der Waals surface area contributed by atoms with Crippen molar-refractivity contribution >= 4 is 22.6 Å². The summed E-state index contributed by atoms with van der Waals surface area (Å²) in [6, 6.07) is 4.30. The molecule has 0 bridgehead atoms. The Labute approximate surface area is 65.0 Å². The van der Waals surface area contributed by atoms with E-state index in [-0.39, 0.29) is 0 Å². The second-order valence-electron chi connectivity index (χ2n) is 1.49. The van der Waals surface area contributed by atoms with Gasteiger partial charge in [0.1, 0.15) is 11.6 Å². The predicted molar refractivity (Wildman–Crippen MR) is 37.9 cm³/mol. The minimum absolute atomic E-state index is 0.449. The van der Waals surface area contributed by atoms with Gasteiger partial charge in [0, 0.05) is 15.7 Å². The molecular weight excluding hydrogens is 237 g/mol. The van der Waals surface area contributed by atoms with E-state index in [1.54, 1.807) is 22.6 Å². The van der Waals surface area contributed by atoms with Crippen molar-refractivity contribution in [1.29, 1.82) is 0 Å². The summed E-state index contributed by atoms with van der Waals surface area (Å²) in [5.74, 6) is -1.21. The highest BCUT2D eigenvalue weighted by Crippen LogP contribution is 2.08.